The van der Waals surface area contributed by atoms with Gasteiger partial charge in [0.05, 0.1) is 34.7 Å². The second-order valence-electron chi connectivity index (χ2n) is 8.12. The second-order valence-corrected chi connectivity index (χ2v) is 11.0. The zero-order valence-electron chi connectivity index (χ0n) is 18.9. The van der Waals surface area contributed by atoms with Gasteiger partial charge in [-0.2, -0.15) is 4.31 Å². The van der Waals surface area contributed by atoms with Gasteiger partial charge in [0.15, 0.2) is 0 Å². The van der Waals surface area contributed by atoms with Crippen LogP contribution in [-0.2, 0) is 14.8 Å². The number of sulfonamides is 1. The normalized spacial score (nSPS) is 14.6. The van der Waals surface area contributed by atoms with E-state index in [-0.39, 0.29) is 29.1 Å². The van der Waals surface area contributed by atoms with Crippen LogP contribution in [0.1, 0.15) is 10.4 Å². The minimum atomic E-state index is -3.76. The fourth-order valence-electron chi connectivity index (χ4n) is 3.96. The Kier molecular flexibility index (Phi) is 6.71. The van der Waals surface area contributed by atoms with Gasteiger partial charge in [0.2, 0.25) is 10.0 Å². The van der Waals surface area contributed by atoms with E-state index in [1.807, 2.05) is 0 Å². The molecule has 0 aliphatic carbocycles. The lowest BCUT2D eigenvalue weighted by Gasteiger charge is -2.26. The van der Waals surface area contributed by atoms with Crippen molar-refractivity contribution in [1.29, 1.82) is 0 Å². The molecule has 1 aliphatic rings. The molecule has 184 valence electrons. The van der Waals surface area contributed by atoms with Gasteiger partial charge >= 0.3 is 0 Å². The van der Waals surface area contributed by atoms with Gasteiger partial charge in [0, 0.05) is 28.7 Å². The van der Waals surface area contributed by atoms with E-state index in [2.05, 4.69) is 31.2 Å². The first-order valence-electron chi connectivity index (χ1n) is 11.1. The van der Waals surface area contributed by atoms with Crippen molar-refractivity contribution >= 4 is 48.5 Å². The number of nitrogens with one attached hydrogen (secondary N) is 2. The zero-order valence-corrected chi connectivity index (χ0v) is 21.3. The fraction of sp³-hybridized carbons (Fsp3) is 0.160. The maximum Gasteiger partial charge on any atom is 0.259 e. The molecule has 1 aliphatic heterocycles. The highest BCUT2D eigenvalue weighted by atomic mass is 79.9. The van der Waals surface area contributed by atoms with E-state index in [1.165, 1.54) is 22.5 Å². The van der Waals surface area contributed by atoms with E-state index in [1.54, 1.807) is 48.5 Å². The molecule has 3 aromatic carbocycles. The molecule has 0 bridgehead atoms. The topological polar surface area (TPSA) is 121 Å². The van der Waals surface area contributed by atoms with Gasteiger partial charge in [0.25, 0.3) is 11.5 Å². The number of carbonyl (C=O) groups excluding carboxylic acids is 1. The summed E-state index contributed by atoms with van der Waals surface area (Å²) in [7, 11) is -3.76. The van der Waals surface area contributed by atoms with E-state index in [0.29, 0.717) is 41.2 Å². The van der Waals surface area contributed by atoms with Crippen molar-refractivity contribution in [2.24, 2.45) is 0 Å². The number of carbonyl (C=O) groups is 1. The summed E-state index contributed by atoms with van der Waals surface area (Å²) in [5.41, 5.74) is 1.31. The van der Waals surface area contributed by atoms with E-state index in [0.717, 1.165) is 4.47 Å². The Balaban J connectivity index is 1.48. The molecule has 0 saturated carbocycles. The van der Waals surface area contributed by atoms with Crippen LogP contribution >= 0.6 is 15.9 Å². The van der Waals surface area contributed by atoms with Crippen LogP contribution in [0.3, 0.4) is 0 Å². The van der Waals surface area contributed by atoms with Crippen molar-refractivity contribution in [2.75, 3.05) is 31.6 Å². The van der Waals surface area contributed by atoms with Crippen LogP contribution in [0, 0.1) is 0 Å². The summed E-state index contributed by atoms with van der Waals surface area (Å²) in [5, 5.41) is 3.29. The number of para-hydroxylation sites is 1. The summed E-state index contributed by atoms with van der Waals surface area (Å²) < 4.78 is 33.4. The molecule has 9 nitrogen and oxygen atoms in total. The lowest BCUT2D eigenvalue weighted by Crippen LogP contribution is -2.40. The molecule has 0 atom stereocenters. The highest BCUT2D eigenvalue weighted by Crippen LogP contribution is 2.30. The van der Waals surface area contributed by atoms with Gasteiger partial charge in [0.1, 0.15) is 5.82 Å². The van der Waals surface area contributed by atoms with Crippen LogP contribution in [0.2, 0.25) is 0 Å². The standard InChI is InChI=1S/C25H21BrN4O5S/c26-17-8-9-22(20(15-17)23-27-21-7-2-1-6-19(21)25(32)29-23)28-24(31)16-4-3-5-18(14-16)36(33,34)30-10-12-35-13-11-30/h1-9,14-15H,10-13H2,(H,28,31)(H,27,29,32). The number of halogens is 1. The van der Waals surface area contributed by atoms with Crippen molar-refractivity contribution in [3.8, 4) is 11.4 Å². The minimum absolute atomic E-state index is 0.0357. The monoisotopic (exact) mass is 568 g/mol. The van der Waals surface area contributed by atoms with Crippen LogP contribution in [0.5, 0.6) is 0 Å². The molecule has 0 radical (unpaired) electrons. The van der Waals surface area contributed by atoms with Gasteiger partial charge < -0.3 is 15.0 Å². The van der Waals surface area contributed by atoms with Crippen molar-refractivity contribution in [3.05, 3.63) is 87.1 Å². The Labute approximate surface area is 215 Å². The van der Waals surface area contributed by atoms with Gasteiger partial charge in [-0.05, 0) is 48.5 Å². The lowest BCUT2D eigenvalue weighted by atomic mass is 10.1. The van der Waals surface area contributed by atoms with Crippen LogP contribution < -0.4 is 10.9 Å². The summed E-state index contributed by atoms with van der Waals surface area (Å²) in [5.74, 6) is -0.209. The van der Waals surface area contributed by atoms with Gasteiger partial charge in [-0.15, -0.1) is 0 Å². The Morgan fingerprint density at radius 1 is 1.03 bits per heavy atom. The highest BCUT2D eigenvalue weighted by molar-refractivity contribution is 9.10. The third kappa shape index (κ3) is 4.82. The summed E-state index contributed by atoms with van der Waals surface area (Å²) in [6.07, 6.45) is 0. The van der Waals surface area contributed by atoms with Crippen molar-refractivity contribution < 1.29 is 17.9 Å². The molecule has 5 rings (SSSR count). The molecule has 0 spiro atoms. The molecule has 2 heterocycles. The lowest BCUT2D eigenvalue weighted by molar-refractivity contribution is 0.0730. The van der Waals surface area contributed by atoms with E-state index in [4.69, 9.17) is 4.74 Å². The zero-order chi connectivity index (χ0) is 25.3. The smallest absolute Gasteiger partial charge is 0.259 e. The van der Waals surface area contributed by atoms with E-state index >= 15 is 0 Å². The molecular formula is C25H21BrN4O5S. The number of H-pyrrole nitrogens is 1. The molecule has 0 unspecified atom stereocenters. The molecule has 1 saturated heterocycles. The second kappa shape index (κ2) is 9.94. The average molecular weight is 569 g/mol. The number of benzene rings is 3. The average Bonchev–Trinajstić information content (AvgIpc) is 2.90. The molecule has 1 aromatic heterocycles. The van der Waals surface area contributed by atoms with E-state index in [9.17, 15) is 18.0 Å². The maximum absolute atomic E-state index is 13.2. The number of nitrogens with zero attached hydrogens (tertiary/aromatic N) is 2. The number of ether oxygens (including phenoxy) is 1. The first-order valence-corrected chi connectivity index (χ1v) is 13.3. The summed E-state index contributed by atoms with van der Waals surface area (Å²) >= 11 is 3.43. The summed E-state index contributed by atoms with van der Waals surface area (Å²) in [6, 6.07) is 18.1. The van der Waals surface area contributed by atoms with Crippen LogP contribution in [0.4, 0.5) is 5.69 Å². The number of hydrogen-bond acceptors (Lipinski definition) is 6. The Morgan fingerprint density at radius 2 is 1.81 bits per heavy atom. The Morgan fingerprint density at radius 3 is 2.61 bits per heavy atom. The highest BCUT2D eigenvalue weighted by Gasteiger charge is 2.27. The number of aromatic amines is 1. The maximum atomic E-state index is 13.2. The van der Waals surface area contributed by atoms with Crippen molar-refractivity contribution in [3.63, 3.8) is 0 Å². The van der Waals surface area contributed by atoms with E-state index < -0.39 is 15.9 Å². The van der Waals surface area contributed by atoms with Crippen LogP contribution in [0.15, 0.2) is 80.9 Å². The minimum Gasteiger partial charge on any atom is -0.379 e. The Bertz CT molecular complexity index is 1630. The largest absolute Gasteiger partial charge is 0.379 e. The van der Waals surface area contributed by atoms with Crippen LogP contribution in [0.25, 0.3) is 22.3 Å². The first-order chi connectivity index (χ1) is 17.3. The van der Waals surface area contributed by atoms with Crippen LogP contribution in [-0.4, -0.2) is 54.9 Å². The predicted molar refractivity (Wildman–Crippen MR) is 139 cm³/mol. The molecule has 36 heavy (non-hydrogen) atoms. The molecule has 4 aromatic rings. The Hall–Kier alpha value is -3.38. The fourth-order valence-corrected chi connectivity index (χ4v) is 5.78. The predicted octanol–water partition coefficient (Wildman–Crippen LogP) is 3.63. The molecular weight excluding hydrogens is 548 g/mol. The van der Waals surface area contributed by atoms with Crippen molar-refractivity contribution in [1.82, 2.24) is 14.3 Å². The number of hydrogen-bond donors (Lipinski definition) is 2. The molecule has 11 heteroatoms. The third-order valence-electron chi connectivity index (χ3n) is 5.80. The molecule has 1 fully saturated rings. The number of amides is 1. The van der Waals surface area contributed by atoms with Gasteiger partial charge in [-0.3, -0.25) is 9.59 Å². The summed E-state index contributed by atoms with van der Waals surface area (Å²) in [4.78, 5) is 33.2. The first kappa shape index (κ1) is 24.3. The number of fused-ring (bicyclic) bond motifs is 1. The molecule has 1 amide bonds. The number of rotatable bonds is 5. The van der Waals surface area contributed by atoms with Gasteiger partial charge in [-0.25, -0.2) is 13.4 Å². The number of morpholine rings is 1. The van der Waals surface area contributed by atoms with Gasteiger partial charge in [-0.1, -0.05) is 34.1 Å². The quantitative estimate of drug-likeness (QED) is 0.379. The molecule has 2 N–H and O–H groups in total. The SMILES string of the molecule is O=C(Nc1ccc(Br)cc1-c1nc2ccccc2c(=O)[nH]1)c1cccc(S(=O)(=O)N2CCOCC2)c1. The number of anilines is 1. The number of aromatic nitrogens is 2. The third-order valence-corrected chi connectivity index (χ3v) is 8.19. The summed E-state index contributed by atoms with van der Waals surface area (Å²) in [6.45, 7) is 1.18. The van der Waals surface area contributed by atoms with Crippen molar-refractivity contribution in [2.45, 2.75) is 4.90 Å².